The Morgan fingerprint density at radius 1 is 1.59 bits per heavy atom. The second-order valence-corrected chi connectivity index (χ2v) is 4.37. The first kappa shape index (κ1) is 11.6. The molecule has 0 radical (unpaired) electrons. The van der Waals surface area contributed by atoms with Crippen LogP contribution in [0.3, 0.4) is 0 Å². The van der Waals surface area contributed by atoms with Gasteiger partial charge in [-0.25, -0.2) is 4.85 Å². The zero-order chi connectivity index (χ0) is 12.4. The molecular weight excluding hydrogens is 284 g/mol. The molecule has 0 fully saturated rings. The predicted molar refractivity (Wildman–Crippen MR) is 68.5 cm³/mol. The summed E-state index contributed by atoms with van der Waals surface area (Å²) in [5.74, 6) is 1.75. The van der Waals surface area contributed by atoms with Crippen LogP contribution in [0.15, 0.2) is 27.8 Å². The maximum atomic E-state index is 6.96. The molecule has 0 atom stereocenters. The summed E-state index contributed by atoms with van der Waals surface area (Å²) in [6.07, 6.45) is 0.477. The Morgan fingerprint density at radius 3 is 2.94 bits per heavy atom. The number of hydrogen-bond donors (Lipinski definition) is 1. The van der Waals surface area contributed by atoms with Crippen LogP contribution in [0.1, 0.15) is 6.42 Å². The van der Waals surface area contributed by atoms with E-state index in [1.165, 1.54) is 0 Å². The standard InChI is InChI=1S/C11H10BrN4O/c1-14-7-3-4-8(12)9(5-7)17-11-6-10(13)15-16(11)2/h3-5H,6H2,2H3,(H2,13,15)/q+1. The van der Waals surface area contributed by atoms with Gasteiger partial charge in [-0.1, -0.05) is 16.8 Å². The van der Waals surface area contributed by atoms with E-state index in [0.29, 0.717) is 29.6 Å². The molecule has 17 heavy (non-hydrogen) atoms. The molecule has 2 rings (SSSR count). The first-order valence-electron chi connectivity index (χ1n) is 4.87. The fraction of sp³-hybridized carbons (Fsp3) is 0.182. The monoisotopic (exact) mass is 293 g/mol. The molecule has 0 saturated carbocycles. The van der Waals surface area contributed by atoms with Gasteiger partial charge < -0.3 is 10.5 Å². The van der Waals surface area contributed by atoms with Gasteiger partial charge in [-0.05, 0) is 22.0 Å². The van der Waals surface area contributed by atoms with Gasteiger partial charge in [0.05, 0.1) is 11.0 Å². The number of rotatable bonds is 1. The molecule has 86 valence electrons. The molecule has 1 heterocycles. The molecule has 0 amide bonds. The number of amidine groups is 1. The Labute approximate surface area is 107 Å². The van der Waals surface area contributed by atoms with Crippen LogP contribution in [0.5, 0.6) is 5.75 Å². The smallest absolute Gasteiger partial charge is 0.380 e. The van der Waals surface area contributed by atoms with Crippen molar-refractivity contribution >= 4 is 33.4 Å². The number of nitrogens with two attached hydrogens (primary N) is 1. The van der Waals surface area contributed by atoms with Crippen molar-refractivity contribution in [3.63, 3.8) is 0 Å². The molecule has 0 saturated heterocycles. The molecule has 2 N–H and O–H groups in total. The number of ether oxygens (including phenoxy) is 1. The van der Waals surface area contributed by atoms with Gasteiger partial charge in [0.1, 0.15) is 12.2 Å². The second kappa shape index (κ2) is 4.55. The lowest BCUT2D eigenvalue weighted by atomic mass is 10.3. The summed E-state index contributed by atoms with van der Waals surface area (Å²) in [5.41, 5.74) is 6.14. The van der Waals surface area contributed by atoms with Crippen LogP contribution in [0.2, 0.25) is 0 Å². The van der Waals surface area contributed by atoms with Gasteiger partial charge in [-0.2, -0.15) is 0 Å². The Morgan fingerprint density at radius 2 is 2.35 bits per heavy atom. The van der Waals surface area contributed by atoms with Crippen molar-refractivity contribution < 1.29 is 9.42 Å². The highest BCUT2D eigenvalue weighted by atomic mass is 79.9. The molecule has 0 aliphatic carbocycles. The van der Waals surface area contributed by atoms with Crippen LogP contribution in [0, 0.1) is 6.57 Å². The van der Waals surface area contributed by atoms with Crippen molar-refractivity contribution in [1.29, 1.82) is 0 Å². The minimum Gasteiger partial charge on any atom is -0.407 e. The largest absolute Gasteiger partial charge is 0.407 e. The number of benzene rings is 1. The molecule has 0 bridgehead atoms. The Kier molecular flexibility index (Phi) is 3.11. The van der Waals surface area contributed by atoms with Crippen molar-refractivity contribution in [3.05, 3.63) is 34.1 Å². The highest BCUT2D eigenvalue weighted by molar-refractivity contribution is 9.10. The van der Waals surface area contributed by atoms with Crippen LogP contribution in [0.25, 0.3) is 4.85 Å². The molecule has 1 aromatic carbocycles. The van der Waals surface area contributed by atoms with Crippen LogP contribution < -0.4 is 10.5 Å². The van der Waals surface area contributed by atoms with E-state index in [9.17, 15) is 0 Å². The summed E-state index contributed by atoms with van der Waals surface area (Å²) in [7, 11) is 1.77. The van der Waals surface area contributed by atoms with Gasteiger partial charge in [-0.3, -0.25) is 0 Å². The molecule has 5 nitrogen and oxygen atoms in total. The number of hydrazone groups is 1. The number of nitrogens with zero attached hydrogens (tertiary/aromatic N) is 3. The minimum absolute atomic E-state index is 0.477. The van der Waals surface area contributed by atoms with Gasteiger partial charge in [-0.15, -0.1) is 0 Å². The maximum absolute atomic E-state index is 6.96. The fourth-order valence-corrected chi connectivity index (χ4v) is 1.75. The van der Waals surface area contributed by atoms with Gasteiger partial charge >= 0.3 is 5.90 Å². The van der Waals surface area contributed by atoms with E-state index >= 15 is 0 Å². The van der Waals surface area contributed by atoms with Crippen LogP contribution in [0.4, 0.5) is 5.69 Å². The second-order valence-electron chi connectivity index (χ2n) is 3.51. The average molecular weight is 294 g/mol. The minimum atomic E-state index is 0.477. The lowest BCUT2D eigenvalue weighted by Crippen LogP contribution is -2.18. The van der Waals surface area contributed by atoms with Crippen molar-refractivity contribution in [2.45, 2.75) is 6.42 Å². The first-order chi connectivity index (χ1) is 8.10. The van der Waals surface area contributed by atoms with E-state index in [2.05, 4.69) is 25.9 Å². The summed E-state index contributed by atoms with van der Waals surface area (Å²) in [4.78, 5) is 3.35. The van der Waals surface area contributed by atoms with Gasteiger partial charge in [0.15, 0.2) is 18.6 Å². The first-order valence-corrected chi connectivity index (χ1v) is 5.67. The topological polar surface area (TPSA) is 55.0 Å². The Hall–Kier alpha value is -1.87. The summed E-state index contributed by atoms with van der Waals surface area (Å²) in [6.45, 7) is 6.96. The predicted octanol–water partition coefficient (Wildman–Crippen LogP) is 2.10. The van der Waals surface area contributed by atoms with Crippen LogP contribution >= 0.6 is 15.9 Å². The highest BCUT2D eigenvalue weighted by Crippen LogP contribution is 2.30. The van der Waals surface area contributed by atoms with Gasteiger partial charge in [0.25, 0.3) is 0 Å². The van der Waals surface area contributed by atoms with Crippen LogP contribution in [-0.4, -0.2) is 23.5 Å². The quantitative estimate of drug-likeness (QED) is 0.637. The van der Waals surface area contributed by atoms with Gasteiger partial charge in [0.2, 0.25) is 0 Å². The average Bonchev–Trinajstić information content (AvgIpc) is 2.60. The highest BCUT2D eigenvalue weighted by Gasteiger charge is 2.24. The van der Waals surface area contributed by atoms with Gasteiger partial charge in [0, 0.05) is 5.10 Å². The van der Waals surface area contributed by atoms with E-state index in [1.807, 2.05) is 0 Å². The zero-order valence-electron chi connectivity index (χ0n) is 9.14. The maximum Gasteiger partial charge on any atom is 0.380 e. The van der Waals surface area contributed by atoms with Crippen molar-refractivity contribution in [2.24, 2.45) is 10.8 Å². The molecule has 1 aromatic rings. The lowest BCUT2D eigenvalue weighted by molar-refractivity contribution is -0.506. The Balaban J connectivity index is 2.26. The summed E-state index contributed by atoms with van der Waals surface area (Å²) in [6, 6.07) is 5.17. The zero-order valence-corrected chi connectivity index (χ0v) is 10.7. The van der Waals surface area contributed by atoms with Crippen molar-refractivity contribution in [2.75, 3.05) is 7.05 Å². The fourth-order valence-electron chi connectivity index (χ4n) is 1.42. The van der Waals surface area contributed by atoms with Crippen molar-refractivity contribution in [1.82, 2.24) is 0 Å². The third-order valence-electron chi connectivity index (χ3n) is 2.24. The third-order valence-corrected chi connectivity index (χ3v) is 2.90. The molecule has 0 aromatic heterocycles. The van der Waals surface area contributed by atoms with E-state index in [4.69, 9.17) is 17.0 Å². The molecular formula is C11H10BrN4O+. The molecule has 0 spiro atoms. The SMILES string of the molecule is [C-]#[N+]c1ccc(Br)c(OC2=[N+](C)N=C(N)C2)c1. The lowest BCUT2D eigenvalue weighted by Gasteiger charge is -2.04. The summed E-state index contributed by atoms with van der Waals surface area (Å²) in [5, 5.41) is 4.03. The molecule has 0 unspecified atom stereocenters. The van der Waals surface area contributed by atoms with E-state index < -0.39 is 0 Å². The molecule has 1 aliphatic rings. The molecule has 1 aliphatic heterocycles. The van der Waals surface area contributed by atoms with Crippen molar-refractivity contribution in [3.8, 4) is 5.75 Å². The normalized spacial score (nSPS) is 14.5. The number of halogens is 1. The van der Waals surface area contributed by atoms with Crippen LogP contribution in [-0.2, 0) is 0 Å². The van der Waals surface area contributed by atoms with E-state index in [1.54, 1.807) is 29.9 Å². The van der Waals surface area contributed by atoms with E-state index in [-0.39, 0.29) is 0 Å². The number of hydrogen-bond acceptors (Lipinski definition) is 3. The Bertz CT molecular complexity index is 571. The summed E-state index contributed by atoms with van der Waals surface area (Å²) < 4.78 is 8.07. The summed E-state index contributed by atoms with van der Waals surface area (Å²) >= 11 is 3.37. The third kappa shape index (κ3) is 2.45. The van der Waals surface area contributed by atoms with E-state index in [0.717, 1.165) is 4.47 Å². The molecule has 6 heteroatoms.